The van der Waals surface area contributed by atoms with Crippen LogP contribution in [0.3, 0.4) is 0 Å². The molecule has 0 fully saturated rings. The topological polar surface area (TPSA) is 138 Å². The van der Waals surface area contributed by atoms with Crippen molar-refractivity contribution < 1.29 is 23.4 Å². The van der Waals surface area contributed by atoms with E-state index in [0.717, 1.165) is 43.8 Å². The Morgan fingerprint density at radius 2 is 0.981 bits per heavy atom. The van der Waals surface area contributed by atoms with E-state index in [1.54, 1.807) is 20.3 Å². The second-order valence-corrected chi connectivity index (χ2v) is 12.2. The van der Waals surface area contributed by atoms with Gasteiger partial charge in [-0.3, -0.25) is 0 Å². The zero-order chi connectivity index (χ0) is 34.8. The number of aromatic nitrogens is 6. The fourth-order valence-corrected chi connectivity index (χ4v) is 7.22. The van der Waals surface area contributed by atoms with Crippen LogP contribution in [0.4, 0.5) is 17.1 Å². The van der Waals surface area contributed by atoms with E-state index in [1.165, 1.54) is 0 Å². The first-order valence-corrected chi connectivity index (χ1v) is 16.4. The molecule has 3 heterocycles. The molecule has 10 aromatic rings. The van der Waals surface area contributed by atoms with Gasteiger partial charge in [0.15, 0.2) is 27.8 Å². The van der Waals surface area contributed by atoms with Gasteiger partial charge in [-0.2, -0.15) is 0 Å². The average Bonchev–Trinajstić information content (AvgIpc) is 4.00. The van der Waals surface area contributed by atoms with Crippen molar-refractivity contribution in [1.29, 1.82) is 0 Å². The molecule has 0 aliphatic carbocycles. The molecule has 0 radical (unpaired) electrons. The van der Waals surface area contributed by atoms with E-state index in [0.29, 0.717) is 61.7 Å². The van der Waals surface area contributed by atoms with Gasteiger partial charge < -0.3 is 14.4 Å². The number of anilines is 3. The van der Waals surface area contributed by atoms with Crippen LogP contribution >= 0.6 is 0 Å². The summed E-state index contributed by atoms with van der Waals surface area (Å²) in [5, 5.41) is 30.7. The summed E-state index contributed by atoms with van der Waals surface area (Å²) in [6.07, 6.45) is 0. The first kappa shape index (κ1) is 29.6. The van der Waals surface area contributed by atoms with Crippen molar-refractivity contribution in [2.45, 2.75) is 0 Å². The Hall–Kier alpha value is -7.34. The monoisotopic (exact) mass is 683 g/mol. The molecule has 10 rings (SSSR count). The zero-order valence-electron chi connectivity index (χ0n) is 27.6. The third kappa shape index (κ3) is 4.34. The number of ether oxygens (including phenoxy) is 2. The Kier molecular flexibility index (Phi) is 6.61. The molecule has 0 saturated heterocycles. The molecule has 52 heavy (non-hydrogen) atoms. The van der Waals surface area contributed by atoms with Crippen LogP contribution in [0.2, 0.25) is 0 Å². The van der Waals surface area contributed by atoms with Gasteiger partial charge in [0.05, 0.1) is 36.8 Å². The van der Waals surface area contributed by atoms with E-state index in [4.69, 9.17) is 23.4 Å². The molecule has 0 saturated carbocycles. The van der Waals surface area contributed by atoms with E-state index in [2.05, 4.69) is 61.3 Å². The minimum absolute atomic E-state index is 0.431. The molecular weight excluding hydrogens is 658 g/mol. The lowest BCUT2D eigenvalue weighted by Gasteiger charge is -2.26. The minimum atomic E-state index is 0.431. The molecule has 0 N–H and O–H groups in total. The largest absolute Gasteiger partial charge is 0.496 e. The van der Waals surface area contributed by atoms with Crippen molar-refractivity contribution in [3.8, 4) is 33.8 Å². The highest BCUT2D eigenvalue weighted by molar-refractivity contribution is 6.18. The minimum Gasteiger partial charge on any atom is -0.496 e. The molecule has 12 heteroatoms. The number of benzene rings is 7. The maximum atomic E-state index is 6.03. The van der Waals surface area contributed by atoms with Gasteiger partial charge in [0.2, 0.25) is 0 Å². The van der Waals surface area contributed by atoms with Crippen LogP contribution in [0, 0.1) is 0 Å². The molecule has 12 nitrogen and oxygen atoms in total. The van der Waals surface area contributed by atoms with Gasteiger partial charge in [-0.25, -0.2) is 13.9 Å². The Bertz CT molecular complexity index is 2920. The van der Waals surface area contributed by atoms with Crippen LogP contribution in [-0.4, -0.2) is 45.2 Å². The van der Waals surface area contributed by atoms with Gasteiger partial charge in [-0.15, -0.1) is 0 Å². The summed E-state index contributed by atoms with van der Waals surface area (Å²) in [5.74, 6) is 1.04. The molecule has 0 amide bonds. The predicted molar refractivity (Wildman–Crippen MR) is 196 cm³/mol. The highest BCUT2D eigenvalue weighted by atomic mass is 16.6. The van der Waals surface area contributed by atoms with Gasteiger partial charge in [0.1, 0.15) is 16.8 Å². The summed E-state index contributed by atoms with van der Waals surface area (Å²) < 4.78 is 27.9. The summed E-state index contributed by atoms with van der Waals surface area (Å²) in [6.45, 7) is 0. The quantitative estimate of drug-likeness (QED) is 0.148. The third-order valence-corrected chi connectivity index (χ3v) is 9.50. The lowest BCUT2D eigenvalue weighted by Crippen LogP contribution is -2.13. The first-order valence-electron chi connectivity index (χ1n) is 16.4. The molecule has 0 atom stereocenters. The van der Waals surface area contributed by atoms with Crippen molar-refractivity contribution >= 4 is 71.7 Å². The highest BCUT2D eigenvalue weighted by Gasteiger charge is 2.30. The van der Waals surface area contributed by atoms with Gasteiger partial charge in [0, 0.05) is 11.6 Å². The number of nitrogens with zero attached hydrogens (tertiary/aromatic N) is 7. The second-order valence-electron chi connectivity index (χ2n) is 12.2. The smallest absolute Gasteiger partial charge is 0.179 e. The van der Waals surface area contributed by atoms with Crippen molar-refractivity contribution in [2.75, 3.05) is 19.1 Å². The molecule has 7 aromatic carbocycles. The third-order valence-electron chi connectivity index (χ3n) is 9.50. The van der Waals surface area contributed by atoms with Crippen LogP contribution in [0.25, 0.3) is 76.9 Å². The zero-order valence-corrected chi connectivity index (χ0v) is 27.6. The van der Waals surface area contributed by atoms with Crippen molar-refractivity contribution in [3.63, 3.8) is 0 Å². The number of methoxy groups -OCH3 is 2. The van der Waals surface area contributed by atoms with Crippen LogP contribution in [-0.2, 0) is 0 Å². The molecule has 0 bridgehead atoms. The summed E-state index contributed by atoms with van der Waals surface area (Å²) in [6, 6.07) is 38.3. The first-order chi connectivity index (χ1) is 25.7. The van der Waals surface area contributed by atoms with E-state index >= 15 is 0 Å². The van der Waals surface area contributed by atoms with Crippen molar-refractivity contribution in [1.82, 2.24) is 30.9 Å². The number of hydrogen-bond donors (Lipinski definition) is 0. The lowest BCUT2D eigenvalue weighted by atomic mass is 9.91. The standard InChI is InChI=1S/C40H25N7O5/c1-48-31-19-18-29(37-39(31)45-51-43-37)47(30-21-32(49-2)33(22-10-4-3-5-11-22)40-38(30)44-52-46-40)28-17-16-27(35-36(28)42-50-41-35)34-25-14-8-6-12-23(25)20-24-13-7-9-15-26(24)34/h3-21H,1-2H3. The van der Waals surface area contributed by atoms with Gasteiger partial charge in [-0.1, -0.05) is 78.9 Å². The Morgan fingerprint density at radius 1 is 0.442 bits per heavy atom. The summed E-state index contributed by atoms with van der Waals surface area (Å²) in [4.78, 5) is 1.94. The van der Waals surface area contributed by atoms with E-state index in [9.17, 15) is 0 Å². The van der Waals surface area contributed by atoms with Crippen molar-refractivity contribution in [3.05, 3.63) is 115 Å². The van der Waals surface area contributed by atoms with E-state index in [1.807, 2.05) is 83.8 Å². The van der Waals surface area contributed by atoms with Gasteiger partial charge in [-0.05, 0) is 93.9 Å². The maximum absolute atomic E-state index is 6.03. The normalized spacial score (nSPS) is 11.7. The van der Waals surface area contributed by atoms with Crippen LogP contribution in [0.1, 0.15) is 0 Å². The molecular formula is C40H25N7O5. The fraction of sp³-hybridized carbons (Fsp3) is 0.0500. The highest BCUT2D eigenvalue weighted by Crippen LogP contribution is 2.50. The molecule has 0 aliphatic rings. The van der Waals surface area contributed by atoms with E-state index < -0.39 is 0 Å². The summed E-state index contributed by atoms with van der Waals surface area (Å²) >= 11 is 0. The Labute approximate surface area is 293 Å². The second kappa shape index (κ2) is 11.6. The Morgan fingerprint density at radius 3 is 1.65 bits per heavy atom. The lowest BCUT2D eigenvalue weighted by molar-refractivity contribution is 0.314. The predicted octanol–water partition coefficient (Wildman–Crippen LogP) is 9.42. The van der Waals surface area contributed by atoms with Crippen LogP contribution in [0.15, 0.2) is 129 Å². The van der Waals surface area contributed by atoms with Gasteiger partial charge in [0.25, 0.3) is 0 Å². The van der Waals surface area contributed by atoms with Crippen molar-refractivity contribution in [2.24, 2.45) is 0 Å². The fourth-order valence-electron chi connectivity index (χ4n) is 7.22. The molecule has 0 spiro atoms. The number of rotatable bonds is 7. The van der Waals surface area contributed by atoms with Crippen LogP contribution in [0.5, 0.6) is 11.5 Å². The summed E-state index contributed by atoms with van der Waals surface area (Å²) in [5.41, 5.74) is 8.16. The SMILES string of the molecule is COc1cc(N(c2ccc(OC)c3nonc23)c2ccc(-c3c4ccccc4cc4ccccc34)c3nonc23)c2nonc2c1-c1ccccc1. The van der Waals surface area contributed by atoms with Crippen LogP contribution < -0.4 is 14.4 Å². The maximum Gasteiger partial charge on any atom is 0.179 e. The number of fused-ring (bicyclic) bond motifs is 5. The molecule has 3 aromatic heterocycles. The summed E-state index contributed by atoms with van der Waals surface area (Å²) in [7, 11) is 3.18. The Balaban J connectivity index is 1.29. The number of hydrogen-bond acceptors (Lipinski definition) is 12. The molecule has 250 valence electrons. The molecule has 0 aliphatic heterocycles. The molecule has 0 unspecified atom stereocenters. The van der Waals surface area contributed by atoms with Gasteiger partial charge >= 0.3 is 0 Å². The average molecular weight is 684 g/mol. The van der Waals surface area contributed by atoms with E-state index in [-0.39, 0.29) is 0 Å².